The Morgan fingerprint density at radius 2 is 1.93 bits per heavy atom. The number of amides is 1. The number of aryl methyl sites for hydroxylation is 1. The molecular weight excluding hydrogens is 435 g/mol. The number of hydrogen-bond donors (Lipinski definition) is 1. The topological polar surface area (TPSA) is 59.8 Å². The average Bonchev–Trinajstić information content (AvgIpc) is 3.20. The first kappa shape index (κ1) is 21.2. The van der Waals surface area contributed by atoms with E-state index in [4.69, 9.17) is 23.2 Å². The van der Waals surface area contributed by atoms with Crippen LogP contribution in [0.25, 0.3) is 11.4 Å². The molecule has 0 unspecified atom stereocenters. The van der Waals surface area contributed by atoms with E-state index < -0.39 is 0 Å². The molecule has 0 radical (unpaired) electrons. The fourth-order valence-electron chi connectivity index (χ4n) is 2.68. The molecule has 148 valence electrons. The third kappa shape index (κ3) is 4.38. The van der Waals surface area contributed by atoms with E-state index in [-0.39, 0.29) is 17.7 Å². The highest BCUT2D eigenvalue weighted by Gasteiger charge is 2.20. The number of thioether (sulfide) groups is 1. The number of thiophene rings is 1. The number of carbonyl (C=O) groups is 1. The lowest BCUT2D eigenvalue weighted by Crippen LogP contribution is -2.15. The number of rotatable bonds is 6. The van der Waals surface area contributed by atoms with Crippen molar-refractivity contribution in [2.75, 3.05) is 11.1 Å². The molecule has 0 aliphatic heterocycles. The monoisotopic (exact) mass is 454 g/mol. The Morgan fingerprint density at radius 1 is 1.25 bits per heavy atom. The zero-order chi connectivity index (χ0) is 20.4. The molecule has 0 aliphatic carbocycles. The van der Waals surface area contributed by atoms with Crippen molar-refractivity contribution in [1.82, 2.24) is 14.8 Å². The van der Waals surface area contributed by atoms with Gasteiger partial charge in [-0.25, -0.2) is 0 Å². The van der Waals surface area contributed by atoms with Gasteiger partial charge in [0.15, 0.2) is 11.0 Å². The van der Waals surface area contributed by atoms with E-state index in [9.17, 15) is 4.79 Å². The van der Waals surface area contributed by atoms with Gasteiger partial charge in [0.25, 0.3) is 0 Å². The summed E-state index contributed by atoms with van der Waals surface area (Å²) in [5.74, 6) is 0.796. The maximum atomic E-state index is 12.4. The van der Waals surface area contributed by atoms with E-state index >= 15 is 0 Å². The van der Waals surface area contributed by atoms with Gasteiger partial charge in [0.05, 0.1) is 21.5 Å². The summed E-state index contributed by atoms with van der Waals surface area (Å²) < 4.78 is 2.06. The van der Waals surface area contributed by atoms with Crippen molar-refractivity contribution in [3.8, 4) is 11.4 Å². The molecule has 0 aliphatic rings. The maximum absolute atomic E-state index is 12.4. The standard InChI is InChI=1S/C19H20Cl2N4OS2/c1-10(2)25-18(13-8-27-12(4)11(13)3)23-24-19(25)28-9-16(26)22-17-14(20)6-5-7-15(17)21/h5-8,10H,9H2,1-4H3,(H,22,26). The van der Waals surface area contributed by atoms with Crippen LogP contribution in [0, 0.1) is 13.8 Å². The largest absolute Gasteiger partial charge is 0.323 e. The van der Waals surface area contributed by atoms with Crippen molar-refractivity contribution >= 4 is 57.9 Å². The smallest absolute Gasteiger partial charge is 0.234 e. The minimum atomic E-state index is -0.206. The van der Waals surface area contributed by atoms with E-state index in [1.807, 2.05) is 0 Å². The van der Waals surface area contributed by atoms with Gasteiger partial charge in [-0.05, 0) is 45.4 Å². The van der Waals surface area contributed by atoms with Gasteiger partial charge in [-0.15, -0.1) is 21.5 Å². The van der Waals surface area contributed by atoms with Crippen LogP contribution in [0.5, 0.6) is 0 Å². The van der Waals surface area contributed by atoms with Crippen molar-refractivity contribution < 1.29 is 4.79 Å². The maximum Gasteiger partial charge on any atom is 0.234 e. The number of anilines is 1. The summed E-state index contributed by atoms with van der Waals surface area (Å²) in [4.78, 5) is 13.7. The van der Waals surface area contributed by atoms with Gasteiger partial charge in [-0.1, -0.05) is 41.0 Å². The molecule has 0 saturated heterocycles. The van der Waals surface area contributed by atoms with Gasteiger partial charge in [-0.2, -0.15) is 0 Å². The zero-order valence-electron chi connectivity index (χ0n) is 15.9. The summed E-state index contributed by atoms with van der Waals surface area (Å²) in [6, 6.07) is 5.26. The highest BCUT2D eigenvalue weighted by molar-refractivity contribution is 7.99. The van der Waals surface area contributed by atoms with Crippen molar-refractivity contribution in [1.29, 1.82) is 0 Å². The highest BCUT2D eigenvalue weighted by atomic mass is 35.5. The zero-order valence-corrected chi connectivity index (χ0v) is 19.1. The van der Waals surface area contributed by atoms with Gasteiger partial charge in [-0.3, -0.25) is 9.36 Å². The van der Waals surface area contributed by atoms with Crippen LogP contribution in [0.2, 0.25) is 10.0 Å². The molecule has 9 heteroatoms. The second-order valence-electron chi connectivity index (χ2n) is 6.53. The van der Waals surface area contributed by atoms with Gasteiger partial charge >= 0.3 is 0 Å². The lowest BCUT2D eigenvalue weighted by Gasteiger charge is -2.14. The lowest BCUT2D eigenvalue weighted by atomic mass is 10.1. The first-order valence-corrected chi connectivity index (χ1v) is 11.3. The third-order valence-electron chi connectivity index (χ3n) is 4.27. The number of aromatic nitrogens is 3. The van der Waals surface area contributed by atoms with Crippen LogP contribution in [-0.4, -0.2) is 26.4 Å². The number of nitrogens with zero attached hydrogens (tertiary/aromatic N) is 3. The van der Waals surface area contributed by atoms with Gasteiger partial charge in [0, 0.05) is 21.9 Å². The predicted octanol–water partition coefficient (Wildman–Crippen LogP) is 6.24. The van der Waals surface area contributed by atoms with E-state index in [1.165, 1.54) is 22.2 Å². The molecule has 1 aromatic carbocycles. The van der Waals surface area contributed by atoms with Gasteiger partial charge in [0.1, 0.15) is 0 Å². The minimum Gasteiger partial charge on any atom is -0.323 e. The van der Waals surface area contributed by atoms with Crippen molar-refractivity contribution in [3.05, 3.63) is 44.1 Å². The molecule has 0 bridgehead atoms. The van der Waals surface area contributed by atoms with Crippen LogP contribution in [0.1, 0.15) is 30.3 Å². The molecule has 2 heterocycles. The lowest BCUT2D eigenvalue weighted by molar-refractivity contribution is -0.113. The number of nitrogens with one attached hydrogen (secondary N) is 1. The van der Waals surface area contributed by atoms with E-state index in [2.05, 4.69) is 53.2 Å². The Bertz CT molecular complexity index is 993. The van der Waals surface area contributed by atoms with Crippen molar-refractivity contribution in [2.45, 2.75) is 38.9 Å². The minimum absolute atomic E-state index is 0.160. The van der Waals surface area contributed by atoms with E-state index in [0.717, 1.165) is 11.4 Å². The normalized spacial score (nSPS) is 11.2. The summed E-state index contributed by atoms with van der Waals surface area (Å²) in [6.07, 6.45) is 0. The van der Waals surface area contributed by atoms with Crippen LogP contribution < -0.4 is 5.32 Å². The number of para-hydroxylation sites is 1. The number of benzene rings is 1. The number of hydrogen-bond acceptors (Lipinski definition) is 5. The van der Waals surface area contributed by atoms with Crippen LogP contribution in [0.4, 0.5) is 5.69 Å². The van der Waals surface area contributed by atoms with Crippen LogP contribution >= 0.6 is 46.3 Å². The van der Waals surface area contributed by atoms with E-state index in [0.29, 0.717) is 20.9 Å². The molecule has 3 rings (SSSR count). The van der Waals surface area contributed by atoms with Crippen molar-refractivity contribution in [3.63, 3.8) is 0 Å². The SMILES string of the molecule is Cc1scc(-c2nnc(SCC(=O)Nc3c(Cl)cccc3Cl)n2C(C)C)c1C. The second-order valence-corrected chi connectivity index (χ2v) is 9.37. The van der Waals surface area contributed by atoms with Crippen LogP contribution in [0.3, 0.4) is 0 Å². The average molecular weight is 455 g/mol. The Kier molecular flexibility index (Phi) is 6.70. The summed E-state index contributed by atoms with van der Waals surface area (Å²) in [5, 5.41) is 15.1. The molecule has 1 N–H and O–H groups in total. The molecule has 1 amide bonds. The first-order chi connectivity index (χ1) is 13.3. The molecular formula is C19H20Cl2N4OS2. The molecule has 28 heavy (non-hydrogen) atoms. The summed E-state index contributed by atoms with van der Waals surface area (Å²) in [7, 11) is 0. The molecule has 0 spiro atoms. The van der Waals surface area contributed by atoms with Crippen LogP contribution in [-0.2, 0) is 4.79 Å². The Hall–Kier alpha value is -1.54. The summed E-state index contributed by atoms with van der Waals surface area (Å²) >= 11 is 15.3. The van der Waals surface area contributed by atoms with Crippen LogP contribution in [0.15, 0.2) is 28.7 Å². The van der Waals surface area contributed by atoms with E-state index in [1.54, 1.807) is 29.5 Å². The predicted molar refractivity (Wildman–Crippen MR) is 119 cm³/mol. The highest BCUT2D eigenvalue weighted by Crippen LogP contribution is 2.34. The molecule has 0 saturated carbocycles. The fraction of sp³-hybridized carbons (Fsp3) is 0.316. The van der Waals surface area contributed by atoms with Crippen molar-refractivity contribution in [2.24, 2.45) is 0 Å². The summed E-state index contributed by atoms with van der Waals surface area (Å²) in [6.45, 7) is 8.34. The van der Waals surface area contributed by atoms with Gasteiger partial charge in [0.2, 0.25) is 5.91 Å². The van der Waals surface area contributed by atoms with Gasteiger partial charge < -0.3 is 5.32 Å². The Labute approximate surface area is 182 Å². The first-order valence-electron chi connectivity index (χ1n) is 8.66. The number of carbonyl (C=O) groups excluding carboxylic acids is 1. The fourth-order valence-corrected chi connectivity index (χ4v) is 4.90. The molecule has 0 fully saturated rings. The quantitative estimate of drug-likeness (QED) is 0.447. The molecule has 2 aromatic heterocycles. The summed E-state index contributed by atoms with van der Waals surface area (Å²) in [5.41, 5.74) is 2.72. The molecule has 3 aromatic rings. The molecule has 0 atom stereocenters. The third-order valence-corrected chi connectivity index (χ3v) is 6.85. The Balaban J connectivity index is 1.78. The second kappa shape index (κ2) is 8.86. The Morgan fingerprint density at radius 3 is 2.50 bits per heavy atom. The molecule has 5 nitrogen and oxygen atoms in total. The number of halogens is 2.